The van der Waals surface area contributed by atoms with Gasteiger partial charge in [0.1, 0.15) is 0 Å². The standard InChI is InChI=1S/C62H46N2/c1-61(2)53-24-14-12-22-49(53)51-30-28-43(37-55(51)61)63(44-29-31-52-50-23-13-15-25-54(50)62(3,4)56(52)38-44)45-34-42(39-16-6-5-7-17-39)35-46(36-45)64-57-32-26-40-18-8-10-20-47(40)59(57)60-48-21-11-9-19-41(48)27-33-58(60)64/h5-38H,1-4H3. The molecule has 0 radical (unpaired) electrons. The Hall–Kier alpha value is -7.68. The summed E-state index contributed by atoms with van der Waals surface area (Å²) < 4.78 is 2.52. The summed E-state index contributed by atoms with van der Waals surface area (Å²) in [5.74, 6) is 0. The fraction of sp³-hybridized carbons (Fsp3) is 0.0968. The van der Waals surface area contributed by atoms with E-state index in [0.29, 0.717) is 0 Å². The minimum absolute atomic E-state index is 0.152. The van der Waals surface area contributed by atoms with Gasteiger partial charge in [0.2, 0.25) is 0 Å². The third-order valence-electron chi connectivity index (χ3n) is 14.7. The van der Waals surface area contributed by atoms with Gasteiger partial charge in [-0.1, -0.05) is 179 Å². The highest BCUT2D eigenvalue weighted by atomic mass is 15.1. The third kappa shape index (κ3) is 5.20. The summed E-state index contributed by atoms with van der Waals surface area (Å²) in [6.45, 7) is 9.52. The molecule has 0 saturated carbocycles. The lowest BCUT2D eigenvalue weighted by atomic mass is 9.82. The summed E-state index contributed by atoms with van der Waals surface area (Å²) in [6.07, 6.45) is 0. The van der Waals surface area contributed by atoms with Crippen molar-refractivity contribution in [3.63, 3.8) is 0 Å². The second-order valence-corrected chi connectivity index (χ2v) is 18.9. The average molecular weight is 819 g/mol. The van der Waals surface area contributed by atoms with Crippen molar-refractivity contribution < 1.29 is 0 Å². The van der Waals surface area contributed by atoms with Gasteiger partial charge in [-0.25, -0.2) is 0 Å². The molecule has 0 fully saturated rings. The Balaban J connectivity index is 1.11. The number of anilines is 3. The van der Waals surface area contributed by atoms with E-state index in [-0.39, 0.29) is 10.8 Å². The molecule has 0 amide bonds. The molecule has 1 aromatic heterocycles. The molecule has 2 nitrogen and oxygen atoms in total. The molecule has 0 spiro atoms. The number of benzene rings is 10. The van der Waals surface area contributed by atoms with E-state index in [1.54, 1.807) is 0 Å². The summed E-state index contributed by atoms with van der Waals surface area (Å²) >= 11 is 0. The van der Waals surface area contributed by atoms with Crippen molar-refractivity contribution in [1.29, 1.82) is 0 Å². The molecule has 2 aliphatic rings. The Kier molecular flexibility index (Phi) is 7.74. The van der Waals surface area contributed by atoms with E-state index in [2.05, 4.69) is 243 Å². The smallest absolute Gasteiger partial charge is 0.0547 e. The van der Waals surface area contributed by atoms with Gasteiger partial charge in [0, 0.05) is 44.4 Å². The third-order valence-corrected chi connectivity index (χ3v) is 14.7. The Morgan fingerprint density at radius 2 is 0.812 bits per heavy atom. The number of rotatable bonds is 5. The van der Waals surface area contributed by atoms with Crippen LogP contribution < -0.4 is 4.90 Å². The van der Waals surface area contributed by atoms with Crippen molar-refractivity contribution in [1.82, 2.24) is 4.57 Å². The van der Waals surface area contributed by atoms with Gasteiger partial charge in [0.05, 0.1) is 11.0 Å². The van der Waals surface area contributed by atoms with Crippen molar-refractivity contribution in [2.45, 2.75) is 38.5 Å². The zero-order chi connectivity index (χ0) is 42.9. The van der Waals surface area contributed by atoms with Crippen molar-refractivity contribution in [3.05, 3.63) is 229 Å². The van der Waals surface area contributed by atoms with Crippen LogP contribution in [-0.2, 0) is 10.8 Å². The van der Waals surface area contributed by atoms with E-state index in [1.807, 2.05) is 0 Å². The fourth-order valence-electron chi connectivity index (χ4n) is 11.6. The molecule has 304 valence electrons. The monoisotopic (exact) mass is 818 g/mol. The highest BCUT2D eigenvalue weighted by molar-refractivity contribution is 6.28. The van der Waals surface area contributed by atoms with Crippen LogP contribution in [0.5, 0.6) is 0 Å². The Labute approximate surface area is 374 Å². The molecule has 1 heterocycles. The topological polar surface area (TPSA) is 8.17 Å². The largest absolute Gasteiger partial charge is 0.310 e. The molecule has 0 unspecified atom stereocenters. The SMILES string of the molecule is CC1(C)c2ccccc2-c2ccc(N(c3cc(-c4ccccc4)cc(-n4c5ccc6ccccc6c5c5c6ccccc6ccc54)c3)c3ccc4c(c3)C(C)(C)c3ccccc3-4)cc21. The fourth-order valence-corrected chi connectivity index (χ4v) is 11.6. The van der Waals surface area contributed by atoms with Crippen molar-refractivity contribution >= 4 is 60.4 Å². The molecule has 2 heteroatoms. The first kappa shape index (κ1) is 36.9. The lowest BCUT2D eigenvalue weighted by Gasteiger charge is -2.30. The van der Waals surface area contributed by atoms with Crippen molar-refractivity contribution in [3.8, 4) is 39.1 Å². The molecule has 0 saturated heterocycles. The number of hydrogen-bond donors (Lipinski definition) is 0. The van der Waals surface area contributed by atoms with Crippen LogP contribution in [0, 0.1) is 0 Å². The van der Waals surface area contributed by atoms with Crippen molar-refractivity contribution in [2.75, 3.05) is 4.90 Å². The number of fused-ring (bicyclic) bond motifs is 13. The van der Waals surface area contributed by atoms with Crippen LogP contribution in [0.2, 0.25) is 0 Å². The van der Waals surface area contributed by atoms with E-state index >= 15 is 0 Å². The molecule has 10 aromatic carbocycles. The minimum Gasteiger partial charge on any atom is -0.310 e. The van der Waals surface area contributed by atoms with Crippen LogP contribution in [0.3, 0.4) is 0 Å². The van der Waals surface area contributed by atoms with Gasteiger partial charge in [-0.2, -0.15) is 0 Å². The first-order valence-electron chi connectivity index (χ1n) is 22.6. The summed E-state index contributed by atoms with van der Waals surface area (Å²) in [4.78, 5) is 2.52. The van der Waals surface area contributed by atoms with Crippen LogP contribution in [-0.4, -0.2) is 4.57 Å². The molecule has 13 rings (SSSR count). The molecule has 0 N–H and O–H groups in total. The van der Waals surface area contributed by atoms with Crippen LogP contribution in [0.1, 0.15) is 49.9 Å². The Morgan fingerprint density at radius 3 is 1.36 bits per heavy atom. The van der Waals surface area contributed by atoms with Crippen molar-refractivity contribution in [2.24, 2.45) is 0 Å². The minimum atomic E-state index is -0.152. The maximum atomic E-state index is 2.52. The molecule has 0 aliphatic heterocycles. The lowest BCUT2D eigenvalue weighted by Crippen LogP contribution is -2.18. The van der Waals surface area contributed by atoms with E-state index in [4.69, 9.17) is 0 Å². The van der Waals surface area contributed by atoms with Gasteiger partial charge in [-0.15, -0.1) is 0 Å². The van der Waals surface area contributed by atoms with Gasteiger partial charge in [-0.3, -0.25) is 0 Å². The van der Waals surface area contributed by atoms with Crippen LogP contribution in [0.15, 0.2) is 206 Å². The molecule has 0 bridgehead atoms. The Morgan fingerprint density at radius 1 is 0.344 bits per heavy atom. The van der Waals surface area contributed by atoms with Gasteiger partial charge in [0.25, 0.3) is 0 Å². The number of nitrogens with zero attached hydrogens (tertiary/aromatic N) is 2. The first-order chi connectivity index (χ1) is 31.3. The predicted molar refractivity (Wildman–Crippen MR) is 271 cm³/mol. The molecular formula is C62H46N2. The quantitative estimate of drug-likeness (QED) is 0.168. The van der Waals surface area contributed by atoms with E-state index < -0.39 is 0 Å². The number of aromatic nitrogens is 1. The average Bonchev–Trinajstić information content (AvgIpc) is 3.89. The van der Waals surface area contributed by atoms with E-state index in [9.17, 15) is 0 Å². The summed E-state index contributed by atoms with van der Waals surface area (Å²) in [5, 5.41) is 7.60. The first-order valence-corrected chi connectivity index (χ1v) is 22.6. The highest BCUT2D eigenvalue weighted by Gasteiger charge is 2.38. The lowest BCUT2D eigenvalue weighted by molar-refractivity contribution is 0.660. The molecule has 11 aromatic rings. The highest BCUT2D eigenvalue weighted by Crippen LogP contribution is 2.54. The van der Waals surface area contributed by atoms with Gasteiger partial charge < -0.3 is 9.47 Å². The predicted octanol–water partition coefficient (Wildman–Crippen LogP) is 16.8. The summed E-state index contributed by atoms with van der Waals surface area (Å²) in [5.41, 5.74) is 19.7. The Bertz CT molecular complexity index is 3530. The zero-order valence-corrected chi connectivity index (χ0v) is 36.5. The van der Waals surface area contributed by atoms with Crippen LogP contribution in [0.25, 0.3) is 82.4 Å². The molecule has 2 aliphatic carbocycles. The summed E-state index contributed by atoms with van der Waals surface area (Å²) in [6, 6.07) is 77.3. The van der Waals surface area contributed by atoms with Crippen LogP contribution >= 0.6 is 0 Å². The van der Waals surface area contributed by atoms with Crippen LogP contribution in [0.4, 0.5) is 17.1 Å². The van der Waals surface area contributed by atoms with Gasteiger partial charge in [0.15, 0.2) is 0 Å². The maximum absolute atomic E-state index is 2.52. The van der Waals surface area contributed by atoms with E-state index in [1.165, 1.54) is 93.4 Å². The normalized spacial score (nSPS) is 14.2. The van der Waals surface area contributed by atoms with Gasteiger partial charge in [-0.05, 0) is 132 Å². The summed E-state index contributed by atoms with van der Waals surface area (Å²) in [7, 11) is 0. The molecule has 0 atom stereocenters. The second-order valence-electron chi connectivity index (χ2n) is 18.9. The molecular weight excluding hydrogens is 773 g/mol. The van der Waals surface area contributed by atoms with Gasteiger partial charge >= 0.3 is 0 Å². The zero-order valence-electron chi connectivity index (χ0n) is 36.5. The maximum Gasteiger partial charge on any atom is 0.0547 e. The second kappa shape index (κ2) is 13.4. The number of hydrogen-bond acceptors (Lipinski definition) is 1. The molecule has 64 heavy (non-hydrogen) atoms. The van der Waals surface area contributed by atoms with E-state index in [0.717, 1.165) is 28.3 Å².